The van der Waals surface area contributed by atoms with Crippen LogP contribution in [0.4, 0.5) is 10.7 Å². The fourth-order valence-electron chi connectivity index (χ4n) is 2.16. The largest absolute Gasteiger partial charge is 0.388 e. The molecule has 0 aliphatic carbocycles. The maximum absolute atomic E-state index is 12.0. The third-order valence-corrected chi connectivity index (χ3v) is 3.81. The van der Waals surface area contributed by atoms with E-state index in [-0.39, 0.29) is 12.1 Å². The molecule has 0 unspecified atom stereocenters. The minimum absolute atomic E-state index is 0.142. The van der Waals surface area contributed by atoms with E-state index in [9.17, 15) is 4.79 Å². The van der Waals surface area contributed by atoms with Gasteiger partial charge in [0.15, 0.2) is 0 Å². The van der Waals surface area contributed by atoms with Gasteiger partial charge in [-0.05, 0) is 12.8 Å². The summed E-state index contributed by atoms with van der Waals surface area (Å²) in [6.45, 7) is 2.25. The third kappa shape index (κ3) is 2.43. The molecular formula is C11H14N6OS. The highest BCUT2D eigenvalue weighted by atomic mass is 32.1. The first-order valence-electron chi connectivity index (χ1n) is 6.13. The van der Waals surface area contributed by atoms with Gasteiger partial charge in [0, 0.05) is 30.7 Å². The summed E-state index contributed by atoms with van der Waals surface area (Å²) in [6, 6.07) is 1.62. The highest BCUT2D eigenvalue weighted by Crippen LogP contribution is 2.17. The van der Waals surface area contributed by atoms with E-state index < -0.39 is 0 Å². The Bertz CT molecular complexity index is 630. The van der Waals surface area contributed by atoms with Crippen LogP contribution in [0.1, 0.15) is 18.5 Å². The summed E-state index contributed by atoms with van der Waals surface area (Å²) in [5, 5.41) is 8.59. The van der Waals surface area contributed by atoms with Crippen LogP contribution in [0, 0.1) is 0 Å². The van der Waals surface area contributed by atoms with Crippen molar-refractivity contribution in [3.63, 3.8) is 0 Å². The first kappa shape index (κ1) is 12.1. The van der Waals surface area contributed by atoms with E-state index in [1.165, 1.54) is 17.5 Å². The predicted molar refractivity (Wildman–Crippen MR) is 73.4 cm³/mol. The maximum Gasteiger partial charge on any atom is 0.269 e. The van der Waals surface area contributed by atoms with E-state index in [0.717, 1.165) is 30.3 Å². The van der Waals surface area contributed by atoms with Gasteiger partial charge in [0.2, 0.25) is 0 Å². The molecule has 19 heavy (non-hydrogen) atoms. The van der Waals surface area contributed by atoms with Crippen molar-refractivity contribution in [3.05, 3.63) is 28.3 Å². The Hall–Kier alpha value is -1.96. The summed E-state index contributed by atoms with van der Waals surface area (Å²) in [5.74, 6) is 0. The van der Waals surface area contributed by atoms with E-state index >= 15 is 0 Å². The first-order valence-corrected chi connectivity index (χ1v) is 6.90. The standard InChI is InChI=1S/C11H14N6OS/c12-11-9(14-15-19-11)7-17-10(18)5-8(6-13-17)16-3-1-2-4-16/h5-6H,1-4,7,12H2. The number of nitrogen functional groups attached to an aromatic ring is 1. The van der Waals surface area contributed by atoms with Gasteiger partial charge in [-0.25, -0.2) is 4.68 Å². The van der Waals surface area contributed by atoms with Crippen molar-refractivity contribution in [2.24, 2.45) is 0 Å². The lowest BCUT2D eigenvalue weighted by Gasteiger charge is -2.16. The number of hydrogen-bond donors (Lipinski definition) is 1. The van der Waals surface area contributed by atoms with E-state index in [1.807, 2.05) is 0 Å². The van der Waals surface area contributed by atoms with Crippen LogP contribution < -0.4 is 16.2 Å². The average Bonchev–Trinajstić information content (AvgIpc) is 3.04. The van der Waals surface area contributed by atoms with Gasteiger partial charge in [-0.3, -0.25) is 4.79 Å². The number of nitrogens with zero attached hydrogens (tertiary/aromatic N) is 5. The Labute approximate surface area is 113 Å². The van der Waals surface area contributed by atoms with Crippen molar-refractivity contribution < 1.29 is 0 Å². The molecule has 1 aliphatic heterocycles. The summed E-state index contributed by atoms with van der Waals surface area (Å²) in [7, 11) is 0. The molecule has 1 aliphatic rings. The summed E-state index contributed by atoms with van der Waals surface area (Å²) >= 11 is 1.12. The normalized spacial score (nSPS) is 15.1. The maximum atomic E-state index is 12.0. The molecule has 2 aromatic rings. The molecule has 1 fully saturated rings. The van der Waals surface area contributed by atoms with Gasteiger partial charge in [-0.2, -0.15) is 5.10 Å². The van der Waals surface area contributed by atoms with Crippen molar-refractivity contribution >= 4 is 22.2 Å². The van der Waals surface area contributed by atoms with Crippen molar-refractivity contribution in [3.8, 4) is 0 Å². The molecule has 2 N–H and O–H groups in total. The van der Waals surface area contributed by atoms with Crippen molar-refractivity contribution in [1.29, 1.82) is 0 Å². The molecule has 8 heteroatoms. The monoisotopic (exact) mass is 278 g/mol. The highest BCUT2D eigenvalue weighted by molar-refractivity contribution is 7.09. The number of hydrogen-bond acceptors (Lipinski definition) is 7. The number of rotatable bonds is 3. The Morgan fingerprint density at radius 3 is 2.79 bits per heavy atom. The molecular weight excluding hydrogens is 264 g/mol. The lowest BCUT2D eigenvalue weighted by Crippen LogP contribution is -2.26. The fourth-order valence-corrected chi connectivity index (χ4v) is 2.60. The summed E-state index contributed by atoms with van der Waals surface area (Å²) in [5.41, 5.74) is 7.05. The number of anilines is 2. The Morgan fingerprint density at radius 1 is 1.37 bits per heavy atom. The second kappa shape index (κ2) is 4.96. The Kier molecular flexibility index (Phi) is 3.16. The molecule has 3 rings (SSSR count). The molecule has 0 spiro atoms. The average molecular weight is 278 g/mol. The van der Waals surface area contributed by atoms with Gasteiger partial charge in [0.1, 0.15) is 10.7 Å². The van der Waals surface area contributed by atoms with Gasteiger partial charge in [-0.15, -0.1) is 5.10 Å². The Balaban J connectivity index is 1.84. The molecule has 0 saturated carbocycles. The molecule has 1 saturated heterocycles. The topological polar surface area (TPSA) is 89.9 Å². The molecule has 100 valence electrons. The van der Waals surface area contributed by atoms with Gasteiger partial charge < -0.3 is 10.6 Å². The minimum Gasteiger partial charge on any atom is -0.388 e. The quantitative estimate of drug-likeness (QED) is 0.870. The number of nitrogens with two attached hydrogens (primary N) is 1. The third-order valence-electron chi connectivity index (χ3n) is 3.21. The van der Waals surface area contributed by atoms with Crippen LogP contribution in [0.25, 0.3) is 0 Å². The molecule has 0 bridgehead atoms. The van der Waals surface area contributed by atoms with Crippen LogP contribution in [-0.4, -0.2) is 32.5 Å². The zero-order valence-corrected chi connectivity index (χ0v) is 11.1. The van der Waals surface area contributed by atoms with Crippen LogP contribution in [0.15, 0.2) is 17.1 Å². The van der Waals surface area contributed by atoms with E-state index in [2.05, 4.69) is 19.6 Å². The van der Waals surface area contributed by atoms with Gasteiger partial charge >= 0.3 is 0 Å². The number of aromatic nitrogens is 4. The van der Waals surface area contributed by atoms with Crippen LogP contribution in [-0.2, 0) is 6.54 Å². The van der Waals surface area contributed by atoms with Gasteiger partial charge in [0.05, 0.1) is 18.4 Å². The highest BCUT2D eigenvalue weighted by Gasteiger charge is 2.14. The molecule has 0 atom stereocenters. The second-order valence-electron chi connectivity index (χ2n) is 4.49. The van der Waals surface area contributed by atoms with Crippen molar-refractivity contribution in [1.82, 2.24) is 19.4 Å². The van der Waals surface area contributed by atoms with Crippen LogP contribution in [0.3, 0.4) is 0 Å². The zero-order chi connectivity index (χ0) is 13.2. The fraction of sp³-hybridized carbons (Fsp3) is 0.455. The van der Waals surface area contributed by atoms with Gasteiger partial charge in [-0.1, -0.05) is 4.49 Å². The molecule has 7 nitrogen and oxygen atoms in total. The first-order chi connectivity index (χ1) is 9.24. The molecule has 2 aromatic heterocycles. The lowest BCUT2D eigenvalue weighted by molar-refractivity contribution is 0.626. The summed E-state index contributed by atoms with van der Waals surface area (Å²) < 4.78 is 5.10. The van der Waals surface area contributed by atoms with E-state index in [0.29, 0.717) is 10.7 Å². The molecule has 3 heterocycles. The lowest BCUT2D eigenvalue weighted by atomic mass is 10.4. The van der Waals surface area contributed by atoms with Crippen LogP contribution >= 0.6 is 11.5 Å². The summed E-state index contributed by atoms with van der Waals surface area (Å²) in [6.07, 6.45) is 4.07. The van der Waals surface area contributed by atoms with Crippen LogP contribution in [0.5, 0.6) is 0 Å². The van der Waals surface area contributed by atoms with Crippen molar-refractivity contribution in [2.45, 2.75) is 19.4 Å². The van der Waals surface area contributed by atoms with Crippen molar-refractivity contribution in [2.75, 3.05) is 23.7 Å². The SMILES string of the molecule is Nc1snnc1Cn1ncc(N2CCCC2)cc1=O. The summed E-state index contributed by atoms with van der Waals surface area (Å²) in [4.78, 5) is 14.2. The molecule has 0 amide bonds. The minimum atomic E-state index is -0.142. The van der Waals surface area contributed by atoms with E-state index in [1.54, 1.807) is 12.3 Å². The molecule has 0 radical (unpaired) electrons. The van der Waals surface area contributed by atoms with Crippen LogP contribution in [0.2, 0.25) is 0 Å². The van der Waals surface area contributed by atoms with E-state index in [4.69, 9.17) is 5.73 Å². The molecule has 0 aromatic carbocycles. The zero-order valence-electron chi connectivity index (χ0n) is 10.3. The Morgan fingerprint density at radius 2 is 2.16 bits per heavy atom. The predicted octanol–water partition coefficient (Wildman–Crippen LogP) is 0.326. The second-order valence-corrected chi connectivity index (χ2v) is 5.27. The van der Waals surface area contributed by atoms with Gasteiger partial charge in [0.25, 0.3) is 5.56 Å². The smallest absolute Gasteiger partial charge is 0.269 e.